The zero-order valence-corrected chi connectivity index (χ0v) is 9.37. The van der Waals surface area contributed by atoms with Crippen LogP contribution in [0.1, 0.15) is 11.1 Å². The number of hydrogen-bond donors (Lipinski definition) is 1. The van der Waals surface area contributed by atoms with Gasteiger partial charge in [0.05, 0.1) is 26.4 Å². The topological polar surface area (TPSA) is 53.7 Å². The summed E-state index contributed by atoms with van der Waals surface area (Å²) < 4.78 is 15.6. The van der Waals surface area contributed by atoms with Gasteiger partial charge in [-0.3, -0.25) is 0 Å². The zero-order chi connectivity index (χ0) is 11.3. The highest BCUT2D eigenvalue weighted by molar-refractivity contribution is 5.49. The molecule has 15 heavy (non-hydrogen) atoms. The summed E-state index contributed by atoms with van der Waals surface area (Å²) in [4.78, 5) is 0. The fourth-order valence-corrected chi connectivity index (χ4v) is 1.57. The molecule has 0 atom stereocenters. The SMILES string of the molecule is COCc1ccc(OC)c(CN)c1OC. The van der Waals surface area contributed by atoms with Gasteiger partial charge in [-0.1, -0.05) is 0 Å². The van der Waals surface area contributed by atoms with Crippen molar-refractivity contribution < 1.29 is 14.2 Å². The number of benzene rings is 1. The van der Waals surface area contributed by atoms with Gasteiger partial charge in [0.2, 0.25) is 0 Å². The van der Waals surface area contributed by atoms with E-state index in [2.05, 4.69) is 0 Å². The average Bonchev–Trinajstić information content (AvgIpc) is 2.28. The highest BCUT2D eigenvalue weighted by Gasteiger charge is 2.13. The molecule has 0 saturated carbocycles. The molecular weight excluding hydrogens is 194 g/mol. The fraction of sp³-hybridized carbons (Fsp3) is 0.455. The normalized spacial score (nSPS) is 10.1. The molecule has 0 bridgehead atoms. The van der Waals surface area contributed by atoms with Crippen LogP contribution in [0.5, 0.6) is 11.5 Å². The van der Waals surface area contributed by atoms with Crippen molar-refractivity contribution in [3.8, 4) is 11.5 Å². The number of hydrogen-bond acceptors (Lipinski definition) is 4. The third-order valence-corrected chi connectivity index (χ3v) is 2.23. The second-order valence-corrected chi connectivity index (χ2v) is 3.08. The molecule has 4 nitrogen and oxygen atoms in total. The van der Waals surface area contributed by atoms with E-state index < -0.39 is 0 Å². The van der Waals surface area contributed by atoms with E-state index in [-0.39, 0.29) is 0 Å². The lowest BCUT2D eigenvalue weighted by Gasteiger charge is -2.15. The molecule has 0 spiro atoms. The molecule has 0 unspecified atom stereocenters. The second kappa shape index (κ2) is 5.58. The van der Waals surface area contributed by atoms with E-state index in [0.717, 1.165) is 22.6 Å². The van der Waals surface area contributed by atoms with Gasteiger partial charge in [-0.2, -0.15) is 0 Å². The highest BCUT2D eigenvalue weighted by atomic mass is 16.5. The van der Waals surface area contributed by atoms with Gasteiger partial charge in [0, 0.05) is 19.2 Å². The van der Waals surface area contributed by atoms with Gasteiger partial charge >= 0.3 is 0 Å². The molecule has 1 aromatic rings. The van der Waals surface area contributed by atoms with E-state index in [1.807, 2.05) is 12.1 Å². The second-order valence-electron chi connectivity index (χ2n) is 3.08. The van der Waals surface area contributed by atoms with Gasteiger partial charge in [0.25, 0.3) is 0 Å². The molecule has 0 radical (unpaired) electrons. The van der Waals surface area contributed by atoms with E-state index in [1.54, 1.807) is 21.3 Å². The molecule has 0 amide bonds. The third-order valence-electron chi connectivity index (χ3n) is 2.23. The van der Waals surface area contributed by atoms with E-state index in [9.17, 15) is 0 Å². The van der Waals surface area contributed by atoms with Crippen LogP contribution < -0.4 is 15.2 Å². The molecule has 2 N–H and O–H groups in total. The Labute approximate surface area is 89.9 Å². The molecule has 0 aliphatic heterocycles. The Morgan fingerprint density at radius 1 is 1.13 bits per heavy atom. The predicted molar refractivity (Wildman–Crippen MR) is 58.2 cm³/mol. The Morgan fingerprint density at radius 2 is 1.87 bits per heavy atom. The molecule has 1 rings (SSSR count). The van der Waals surface area contributed by atoms with Crippen LogP contribution in [0, 0.1) is 0 Å². The van der Waals surface area contributed by atoms with Crippen molar-refractivity contribution in [2.45, 2.75) is 13.2 Å². The standard InChI is InChI=1S/C11H17NO3/c1-13-7-8-4-5-10(14-2)9(6-12)11(8)15-3/h4-5H,6-7,12H2,1-3H3. The molecule has 84 valence electrons. The van der Waals surface area contributed by atoms with Crippen molar-refractivity contribution in [1.82, 2.24) is 0 Å². The minimum absolute atomic E-state index is 0.379. The van der Waals surface area contributed by atoms with Crippen molar-refractivity contribution in [3.05, 3.63) is 23.3 Å². The monoisotopic (exact) mass is 211 g/mol. The summed E-state index contributed by atoms with van der Waals surface area (Å²) in [6.07, 6.45) is 0. The van der Waals surface area contributed by atoms with E-state index >= 15 is 0 Å². The van der Waals surface area contributed by atoms with Crippen LogP contribution in [0.2, 0.25) is 0 Å². The minimum Gasteiger partial charge on any atom is -0.496 e. The molecule has 0 aromatic heterocycles. The maximum absolute atomic E-state index is 5.67. The lowest BCUT2D eigenvalue weighted by atomic mass is 10.1. The summed E-state index contributed by atoms with van der Waals surface area (Å²) in [5, 5.41) is 0. The first-order chi connectivity index (χ1) is 7.28. The molecule has 0 aliphatic rings. The summed E-state index contributed by atoms with van der Waals surface area (Å²) in [5.74, 6) is 1.49. The summed E-state index contributed by atoms with van der Waals surface area (Å²) in [7, 11) is 4.88. The van der Waals surface area contributed by atoms with Gasteiger partial charge in [0.1, 0.15) is 11.5 Å². The average molecular weight is 211 g/mol. The van der Waals surface area contributed by atoms with Crippen molar-refractivity contribution in [3.63, 3.8) is 0 Å². The van der Waals surface area contributed by atoms with Crippen molar-refractivity contribution in [2.75, 3.05) is 21.3 Å². The Balaban J connectivity index is 3.21. The minimum atomic E-state index is 0.379. The molecule has 0 fully saturated rings. The Bertz CT molecular complexity index is 326. The van der Waals surface area contributed by atoms with Crippen LogP contribution in [-0.2, 0) is 17.9 Å². The maximum Gasteiger partial charge on any atom is 0.132 e. The number of methoxy groups -OCH3 is 3. The first-order valence-corrected chi connectivity index (χ1v) is 4.70. The first kappa shape index (κ1) is 11.8. The zero-order valence-electron chi connectivity index (χ0n) is 9.37. The number of ether oxygens (including phenoxy) is 3. The van der Waals surface area contributed by atoms with Crippen LogP contribution in [0.3, 0.4) is 0 Å². The van der Waals surface area contributed by atoms with Crippen LogP contribution in [0.4, 0.5) is 0 Å². The Kier molecular flexibility index (Phi) is 4.39. The summed E-state index contributed by atoms with van der Waals surface area (Å²) in [5.41, 5.74) is 7.51. The van der Waals surface area contributed by atoms with Crippen molar-refractivity contribution in [2.24, 2.45) is 5.73 Å². The summed E-state index contributed by atoms with van der Waals surface area (Å²) in [6, 6.07) is 3.79. The lowest BCUT2D eigenvalue weighted by Crippen LogP contribution is -2.05. The first-order valence-electron chi connectivity index (χ1n) is 4.70. The van der Waals surface area contributed by atoms with Crippen LogP contribution in [0.25, 0.3) is 0 Å². The fourth-order valence-electron chi connectivity index (χ4n) is 1.57. The lowest BCUT2D eigenvalue weighted by molar-refractivity contribution is 0.181. The van der Waals surface area contributed by atoms with Crippen LogP contribution >= 0.6 is 0 Å². The van der Waals surface area contributed by atoms with Gasteiger partial charge in [-0.05, 0) is 12.1 Å². The van der Waals surface area contributed by atoms with E-state index in [4.69, 9.17) is 19.9 Å². The molecule has 0 saturated heterocycles. The maximum atomic E-state index is 5.67. The molecule has 4 heteroatoms. The quantitative estimate of drug-likeness (QED) is 0.797. The Morgan fingerprint density at radius 3 is 2.33 bits per heavy atom. The molecular formula is C11H17NO3. The van der Waals surface area contributed by atoms with Crippen molar-refractivity contribution >= 4 is 0 Å². The van der Waals surface area contributed by atoms with E-state index in [1.165, 1.54) is 0 Å². The summed E-state index contributed by atoms with van der Waals surface area (Å²) in [6.45, 7) is 0.879. The number of rotatable bonds is 5. The van der Waals surface area contributed by atoms with Crippen molar-refractivity contribution in [1.29, 1.82) is 0 Å². The van der Waals surface area contributed by atoms with Crippen LogP contribution in [0.15, 0.2) is 12.1 Å². The van der Waals surface area contributed by atoms with Gasteiger partial charge < -0.3 is 19.9 Å². The summed E-state index contributed by atoms with van der Waals surface area (Å²) >= 11 is 0. The predicted octanol–water partition coefficient (Wildman–Crippen LogP) is 1.31. The van der Waals surface area contributed by atoms with Gasteiger partial charge in [-0.15, -0.1) is 0 Å². The van der Waals surface area contributed by atoms with Crippen LogP contribution in [-0.4, -0.2) is 21.3 Å². The molecule has 0 aliphatic carbocycles. The van der Waals surface area contributed by atoms with E-state index in [0.29, 0.717) is 13.2 Å². The largest absolute Gasteiger partial charge is 0.496 e. The third kappa shape index (κ3) is 2.40. The van der Waals surface area contributed by atoms with Gasteiger partial charge in [0.15, 0.2) is 0 Å². The molecule has 1 aromatic carbocycles. The molecule has 0 heterocycles. The Hall–Kier alpha value is -1.26. The highest BCUT2D eigenvalue weighted by Crippen LogP contribution is 2.32. The smallest absolute Gasteiger partial charge is 0.132 e. The van der Waals surface area contributed by atoms with Gasteiger partial charge in [-0.25, -0.2) is 0 Å². The number of nitrogens with two attached hydrogens (primary N) is 1.